The lowest BCUT2D eigenvalue weighted by molar-refractivity contribution is -0.121. The molecular weight excluding hydrogens is 427 g/mol. The minimum atomic E-state index is -0.0404. The fourth-order valence-electron chi connectivity index (χ4n) is 3.00. The second-order valence-corrected chi connectivity index (χ2v) is 7.67. The van der Waals surface area contributed by atoms with Gasteiger partial charge >= 0.3 is 0 Å². The zero-order chi connectivity index (χ0) is 17.8. The number of likely N-dealkylation sites (tertiary alicyclic amines) is 1. The van der Waals surface area contributed by atoms with Crippen molar-refractivity contribution in [2.24, 2.45) is 5.92 Å². The summed E-state index contributed by atoms with van der Waals surface area (Å²) in [7, 11) is 0. The van der Waals surface area contributed by atoms with Gasteiger partial charge in [0.1, 0.15) is 0 Å². The predicted octanol–water partition coefficient (Wildman–Crippen LogP) is 4.09. The monoisotopic (exact) mass is 448 g/mol. The standard InChI is InChI=1S/C20H21IN2O2/c1-14-2-4-16(5-3-14)20(25)23-12-10-15(11-13-23)19(24)22-18-8-6-17(21)7-9-18/h2-9,15H,10-13H2,1H3,(H,22,24). The number of amides is 2. The van der Waals surface area contributed by atoms with Crippen molar-refractivity contribution in [3.8, 4) is 0 Å². The van der Waals surface area contributed by atoms with E-state index in [-0.39, 0.29) is 17.7 Å². The lowest BCUT2D eigenvalue weighted by Gasteiger charge is -2.31. The summed E-state index contributed by atoms with van der Waals surface area (Å²) in [5.41, 5.74) is 2.68. The van der Waals surface area contributed by atoms with Crippen LogP contribution in [-0.4, -0.2) is 29.8 Å². The van der Waals surface area contributed by atoms with E-state index in [1.165, 1.54) is 0 Å². The van der Waals surface area contributed by atoms with Gasteiger partial charge in [-0.25, -0.2) is 0 Å². The second kappa shape index (κ2) is 7.99. The third-order valence-corrected chi connectivity index (χ3v) is 5.28. The van der Waals surface area contributed by atoms with Crippen LogP contribution in [0.5, 0.6) is 0 Å². The van der Waals surface area contributed by atoms with Crippen molar-refractivity contribution < 1.29 is 9.59 Å². The van der Waals surface area contributed by atoms with Crippen molar-refractivity contribution in [3.63, 3.8) is 0 Å². The summed E-state index contributed by atoms with van der Waals surface area (Å²) < 4.78 is 1.14. The molecular formula is C20H21IN2O2. The van der Waals surface area contributed by atoms with Crippen LogP contribution in [0.3, 0.4) is 0 Å². The summed E-state index contributed by atoms with van der Waals surface area (Å²) in [5, 5.41) is 2.98. The highest BCUT2D eigenvalue weighted by atomic mass is 127. The number of piperidine rings is 1. The van der Waals surface area contributed by atoms with Gasteiger partial charge in [-0.05, 0) is 78.8 Å². The number of aryl methyl sites for hydroxylation is 1. The lowest BCUT2D eigenvalue weighted by Crippen LogP contribution is -2.41. The Hall–Kier alpha value is -1.89. The molecule has 2 aromatic carbocycles. The van der Waals surface area contributed by atoms with E-state index in [0.717, 1.165) is 14.8 Å². The van der Waals surface area contributed by atoms with E-state index in [2.05, 4.69) is 27.9 Å². The molecule has 2 amide bonds. The molecule has 3 rings (SSSR count). The highest BCUT2D eigenvalue weighted by Gasteiger charge is 2.27. The Labute approximate surface area is 161 Å². The Balaban J connectivity index is 1.54. The Morgan fingerprint density at radius 1 is 1.00 bits per heavy atom. The Morgan fingerprint density at radius 2 is 1.60 bits per heavy atom. The maximum absolute atomic E-state index is 12.5. The molecule has 1 heterocycles. The number of halogens is 1. The highest BCUT2D eigenvalue weighted by molar-refractivity contribution is 14.1. The molecule has 1 aliphatic rings. The maximum Gasteiger partial charge on any atom is 0.253 e. The molecule has 1 saturated heterocycles. The molecule has 0 unspecified atom stereocenters. The maximum atomic E-state index is 12.5. The van der Waals surface area contributed by atoms with Crippen molar-refractivity contribution in [1.29, 1.82) is 0 Å². The molecule has 4 nitrogen and oxygen atoms in total. The molecule has 0 saturated carbocycles. The molecule has 0 spiro atoms. The van der Waals surface area contributed by atoms with E-state index in [9.17, 15) is 9.59 Å². The molecule has 5 heteroatoms. The number of benzene rings is 2. The average Bonchev–Trinajstić information content (AvgIpc) is 2.64. The third kappa shape index (κ3) is 4.60. The molecule has 0 bridgehead atoms. The first-order valence-electron chi connectivity index (χ1n) is 8.45. The quantitative estimate of drug-likeness (QED) is 0.720. The van der Waals surface area contributed by atoms with Crippen LogP contribution in [-0.2, 0) is 4.79 Å². The van der Waals surface area contributed by atoms with Crippen molar-refractivity contribution in [2.75, 3.05) is 18.4 Å². The summed E-state index contributed by atoms with van der Waals surface area (Å²) in [5.74, 6) is 0.0569. The molecule has 2 aromatic rings. The normalized spacial score (nSPS) is 15.0. The number of rotatable bonds is 3. The number of hydrogen-bond acceptors (Lipinski definition) is 2. The molecule has 130 valence electrons. The van der Waals surface area contributed by atoms with Crippen LogP contribution in [0.2, 0.25) is 0 Å². The Kier molecular flexibility index (Phi) is 5.73. The Morgan fingerprint density at radius 3 is 2.20 bits per heavy atom. The summed E-state index contributed by atoms with van der Waals surface area (Å²) in [6.45, 7) is 3.25. The number of carbonyl (C=O) groups excluding carboxylic acids is 2. The molecule has 1 N–H and O–H groups in total. The van der Waals surface area contributed by atoms with Gasteiger partial charge in [0.05, 0.1) is 0 Å². The predicted molar refractivity (Wildman–Crippen MR) is 108 cm³/mol. The van der Waals surface area contributed by atoms with Crippen LogP contribution in [0.4, 0.5) is 5.69 Å². The van der Waals surface area contributed by atoms with Crippen molar-refractivity contribution in [3.05, 3.63) is 63.2 Å². The minimum absolute atomic E-state index is 0.0404. The van der Waals surface area contributed by atoms with Gasteiger partial charge in [-0.1, -0.05) is 17.7 Å². The van der Waals surface area contributed by atoms with E-state index >= 15 is 0 Å². The first kappa shape index (κ1) is 17.9. The SMILES string of the molecule is Cc1ccc(C(=O)N2CCC(C(=O)Nc3ccc(I)cc3)CC2)cc1. The van der Waals surface area contributed by atoms with Crippen molar-refractivity contribution >= 4 is 40.1 Å². The first-order valence-corrected chi connectivity index (χ1v) is 9.53. The summed E-state index contributed by atoms with van der Waals surface area (Å²) >= 11 is 2.24. The van der Waals surface area contributed by atoms with Crippen LogP contribution < -0.4 is 5.32 Å². The van der Waals surface area contributed by atoms with Gasteiger partial charge in [0, 0.05) is 33.8 Å². The van der Waals surface area contributed by atoms with Gasteiger partial charge in [-0.2, -0.15) is 0 Å². The number of anilines is 1. The van der Waals surface area contributed by atoms with Crippen LogP contribution in [0.15, 0.2) is 48.5 Å². The number of carbonyl (C=O) groups is 2. The van der Waals surface area contributed by atoms with Crippen LogP contribution in [0.25, 0.3) is 0 Å². The van der Waals surface area contributed by atoms with Gasteiger partial charge in [0.15, 0.2) is 0 Å². The second-order valence-electron chi connectivity index (χ2n) is 6.43. The summed E-state index contributed by atoms with van der Waals surface area (Å²) in [6.07, 6.45) is 1.40. The molecule has 0 aromatic heterocycles. The van der Waals surface area contributed by atoms with Gasteiger partial charge in [0.2, 0.25) is 5.91 Å². The lowest BCUT2D eigenvalue weighted by atomic mass is 9.95. The van der Waals surface area contributed by atoms with Gasteiger partial charge in [0.25, 0.3) is 5.91 Å². The molecule has 0 radical (unpaired) electrons. The molecule has 1 fully saturated rings. The summed E-state index contributed by atoms with van der Waals surface area (Å²) in [4.78, 5) is 26.8. The molecule has 25 heavy (non-hydrogen) atoms. The number of hydrogen-bond donors (Lipinski definition) is 1. The van der Waals surface area contributed by atoms with Crippen LogP contribution in [0, 0.1) is 16.4 Å². The van der Waals surface area contributed by atoms with Crippen molar-refractivity contribution in [1.82, 2.24) is 4.90 Å². The first-order chi connectivity index (χ1) is 12.0. The van der Waals surface area contributed by atoms with E-state index in [0.29, 0.717) is 31.5 Å². The topological polar surface area (TPSA) is 49.4 Å². The third-order valence-electron chi connectivity index (χ3n) is 4.56. The van der Waals surface area contributed by atoms with Gasteiger partial charge in [-0.3, -0.25) is 9.59 Å². The van der Waals surface area contributed by atoms with E-state index in [4.69, 9.17) is 0 Å². The van der Waals surface area contributed by atoms with Crippen LogP contribution >= 0.6 is 22.6 Å². The van der Waals surface area contributed by atoms with E-state index in [1.54, 1.807) is 0 Å². The fourth-order valence-corrected chi connectivity index (χ4v) is 3.36. The smallest absolute Gasteiger partial charge is 0.253 e. The zero-order valence-electron chi connectivity index (χ0n) is 14.2. The minimum Gasteiger partial charge on any atom is -0.339 e. The van der Waals surface area contributed by atoms with Gasteiger partial charge in [-0.15, -0.1) is 0 Å². The van der Waals surface area contributed by atoms with Gasteiger partial charge < -0.3 is 10.2 Å². The number of nitrogens with one attached hydrogen (secondary N) is 1. The van der Waals surface area contributed by atoms with E-state index < -0.39 is 0 Å². The Bertz CT molecular complexity index is 748. The number of nitrogens with zero attached hydrogens (tertiary/aromatic N) is 1. The summed E-state index contributed by atoms with van der Waals surface area (Å²) in [6, 6.07) is 15.4. The fraction of sp³-hybridized carbons (Fsp3) is 0.300. The van der Waals surface area contributed by atoms with Crippen molar-refractivity contribution in [2.45, 2.75) is 19.8 Å². The highest BCUT2D eigenvalue weighted by Crippen LogP contribution is 2.21. The molecule has 1 aliphatic heterocycles. The largest absolute Gasteiger partial charge is 0.339 e. The van der Waals surface area contributed by atoms with Crippen LogP contribution in [0.1, 0.15) is 28.8 Å². The average molecular weight is 448 g/mol. The van der Waals surface area contributed by atoms with E-state index in [1.807, 2.05) is 60.4 Å². The molecule has 0 aliphatic carbocycles. The molecule has 0 atom stereocenters. The zero-order valence-corrected chi connectivity index (χ0v) is 16.3.